The van der Waals surface area contributed by atoms with E-state index in [1.807, 2.05) is 57.2 Å². The molecule has 2 aromatic carbocycles. The third kappa shape index (κ3) is 3.68. The van der Waals surface area contributed by atoms with E-state index in [-0.39, 0.29) is 5.97 Å². The Bertz CT molecular complexity index is 801. The molecule has 0 saturated carbocycles. The van der Waals surface area contributed by atoms with Crippen molar-refractivity contribution in [3.63, 3.8) is 0 Å². The number of rotatable bonds is 2. The topological polar surface area (TPSA) is 26.3 Å². The summed E-state index contributed by atoms with van der Waals surface area (Å²) in [6.45, 7) is 5.65. The summed E-state index contributed by atoms with van der Waals surface area (Å²) in [4.78, 5) is 13.4. The smallest absolute Gasteiger partial charge is 0.345 e. The van der Waals surface area contributed by atoms with E-state index < -0.39 is 5.60 Å². The van der Waals surface area contributed by atoms with Gasteiger partial charge in [-0.2, -0.15) is 0 Å². The highest BCUT2D eigenvalue weighted by atomic mass is 35.5. The first kappa shape index (κ1) is 17.1. The maximum absolute atomic E-state index is 12.7. The van der Waals surface area contributed by atoms with E-state index >= 15 is 0 Å². The second-order valence-electron chi connectivity index (χ2n) is 6.66. The van der Waals surface area contributed by atoms with Gasteiger partial charge in [-0.05, 0) is 49.6 Å². The number of esters is 1. The summed E-state index contributed by atoms with van der Waals surface area (Å²) in [5, 5.41) is 0.676. The minimum atomic E-state index is -0.521. The van der Waals surface area contributed by atoms with Crippen molar-refractivity contribution in [2.24, 2.45) is 0 Å². The van der Waals surface area contributed by atoms with Crippen molar-refractivity contribution in [3.8, 4) is 0 Å². The van der Waals surface area contributed by atoms with E-state index in [0.717, 1.165) is 22.5 Å². The quantitative estimate of drug-likeness (QED) is 0.645. The van der Waals surface area contributed by atoms with Gasteiger partial charge in [0, 0.05) is 16.3 Å². The molecule has 0 N–H and O–H groups in total. The molecule has 3 rings (SSSR count). The Morgan fingerprint density at radius 2 is 1.75 bits per heavy atom. The predicted octanol–water partition coefficient (Wildman–Crippen LogP) is 5.69. The number of carbonyl (C=O) groups excluding carboxylic acids is 1. The number of benzene rings is 2. The molecule has 0 saturated heterocycles. The molecule has 1 heterocycles. The summed E-state index contributed by atoms with van der Waals surface area (Å²) in [6.07, 6.45) is 0. The predicted molar refractivity (Wildman–Crippen MR) is 101 cm³/mol. The van der Waals surface area contributed by atoms with E-state index in [0.29, 0.717) is 9.93 Å². The first-order chi connectivity index (χ1) is 11.3. The van der Waals surface area contributed by atoms with Crippen LogP contribution in [-0.4, -0.2) is 11.6 Å². The van der Waals surface area contributed by atoms with E-state index in [4.69, 9.17) is 16.3 Å². The number of thioether (sulfide) groups is 1. The molecule has 0 bridgehead atoms. The molecule has 24 heavy (non-hydrogen) atoms. The van der Waals surface area contributed by atoms with Crippen LogP contribution in [0.4, 0.5) is 0 Å². The Kier molecular flexibility index (Phi) is 4.75. The first-order valence-corrected chi connectivity index (χ1v) is 9.16. The molecule has 0 radical (unpaired) electrons. The van der Waals surface area contributed by atoms with Crippen LogP contribution in [-0.2, 0) is 15.3 Å². The van der Waals surface area contributed by atoms with Gasteiger partial charge in [0.15, 0.2) is 0 Å². The highest BCUT2D eigenvalue weighted by Crippen LogP contribution is 2.42. The minimum absolute atomic E-state index is 0.271. The lowest BCUT2D eigenvalue weighted by atomic mass is 9.93. The summed E-state index contributed by atoms with van der Waals surface area (Å²) in [5.74, 6) is 0.494. The van der Waals surface area contributed by atoms with Gasteiger partial charge in [-0.25, -0.2) is 4.79 Å². The number of hydrogen-bond acceptors (Lipinski definition) is 3. The molecular formula is C20H19ClO2S. The third-order valence-corrected chi connectivity index (χ3v) is 4.97. The van der Waals surface area contributed by atoms with E-state index in [9.17, 15) is 4.79 Å². The lowest BCUT2D eigenvalue weighted by molar-refractivity contribution is -0.148. The number of fused-ring (bicyclic) bond motifs is 1. The van der Waals surface area contributed by atoms with Gasteiger partial charge < -0.3 is 4.74 Å². The maximum atomic E-state index is 12.7. The number of ether oxygens (including phenoxy) is 1. The molecule has 0 unspecified atom stereocenters. The van der Waals surface area contributed by atoms with Gasteiger partial charge in [0.1, 0.15) is 10.5 Å². The van der Waals surface area contributed by atoms with Gasteiger partial charge in [0.25, 0.3) is 0 Å². The number of hydrogen-bond donors (Lipinski definition) is 0. The van der Waals surface area contributed by atoms with Gasteiger partial charge in [0.05, 0.1) is 0 Å². The Hall–Kier alpha value is -1.71. The Morgan fingerprint density at radius 3 is 2.42 bits per heavy atom. The van der Waals surface area contributed by atoms with Crippen LogP contribution in [0.3, 0.4) is 0 Å². The highest BCUT2D eigenvalue weighted by molar-refractivity contribution is 8.03. The fraction of sp³-hybridized carbons (Fsp3) is 0.250. The van der Waals surface area contributed by atoms with Gasteiger partial charge in [0.2, 0.25) is 0 Å². The molecule has 2 aromatic rings. The summed E-state index contributed by atoms with van der Waals surface area (Å²) in [5.41, 5.74) is 3.68. The average Bonchev–Trinajstić information content (AvgIpc) is 2.53. The molecule has 4 heteroatoms. The van der Waals surface area contributed by atoms with E-state index in [1.165, 1.54) is 17.3 Å². The van der Waals surface area contributed by atoms with Gasteiger partial charge >= 0.3 is 5.97 Å². The first-order valence-electron chi connectivity index (χ1n) is 7.80. The van der Waals surface area contributed by atoms with Crippen LogP contribution in [0.5, 0.6) is 0 Å². The molecule has 1 aliphatic rings. The zero-order valence-electron chi connectivity index (χ0n) is 13.9. The lowest BCUT2D eigenvalue weighted by Crippen LogP contribution is -2.25. The van der Waals surface area contributed by atoms with Crippen LogP contribution < -0.4 is 0 Å². The minimum Gasteiger partial charge on any atom is -0.456 e. The molecule has 0 fully saturated rings. The van der Waals surface area contributed by atoms with Crippen molar-refractivity contribution < 1.29 is 9.53 Å². The normalized spacial score (nSPS) is 14.3. The standard InChI is InChI=1S/C20H19ClO2S/c1-20(2,3)23-19(22)18-17(13-8-10-15(21)11-9-13)16-7-5-4-6-14(16)12-24-18/h4-11H,12H2,1-3H3. The van der Waals surface area contributed by atoms with Gasteiger partial charge in [-0.1, -0.05) is 48.0 Å². The van der Waals surface area contributed by atoms with Crippen molar-refractivity contribution >= 4 is 34.9 Å². The fourth-order valence-corrected chi connectivity index (χ4v) is 3.83. The molecule has 0 aliphatic carbocycles. The number of halogens is 1. The summed E-state index contributed by atoms with van der Waals surface area (Å²) >= 11 is 7.56. The molecule has 1 aliphatic heterocycles. The molecule has 0 spiro atoms. The van der Waals surface area contributed by atoms with Crippen LogP contribution in [0.15, 0.2) is 53.4 Å². The van der Waals surface area contributed by atoms with E-state index in [2.05, 4.69) is 12.1 Å². The van der Waals surface area contributed by atoms with Crippen molar-refractivity contribution in [3.05, 3.63) is 75.1 Å². The van der Waals surface area contributed by atoms with Gasteiger partial charge in [-0.15, -0.1) is 11.8 Å². The van der Waals surface area contributed by atoms with Crippen molar-refractivity contribution in [1.29, 1.82) is 0 Å². The molecule has 0 atom stereocenters. The second-order valence-corrected chi connectivity index (χ2v) is 8.08. The van der Waals surface area contributed by atoms with Crippen LogP contribution in [0.2, 0.25) is 5.02 Å². The Morgan fingerprint density at radius 1 is 1.08 bits per heavy atom. The summed E-state index contributed by atoms with van der Waals surface area (Å²) in [6, 6.07) is 15.8. The molecule has 124 valence electrons. The zero-order valence-corrected chi connectivity index (χ0v) is 15.5. The molecule has 2 nitrogen and oxygen atoms in total. The lowest BCUT2D eigenvalue weighted by Gasteiger charge is -2.26. The third-order valence-electron chi connectivity index (χ3n) is 3.60. The Labute approximate surface area is 151 Å². The summed E-state index contributed by atoms with van der Waals surface area (Å²) < 4.78 is 5.62. The average molecular weight is 359 g/mol. The summed E-state index contributed by atoms with van der Waals surface area (Å²) in [7, 11) is 0. The highest BCUT2D eigenvalue weighted by Gasteiger charge is 2.28. The van der Waals surface area contributed by atoms with Crippen LogP contribution in [0, 0.1) is 0 Å². The van der Waals surface area contributed by atoms with Crippen molar-refractivity contribution in [2.45, 2.75) is 32.1 Å². The SMILES string of the molecule is CC(C)(C)OC(=O)C1=C(c2ccc(Cl)cc2)c2ccccc2CS1. The molecule has 0 amide bonds. The maximum Gasteiger partial charge on any atom is 0.345 e. The van der Waals surface area contributed by atoms with E-state index in [1.54, 1.807) is 0 Å². The largest absolute Gasteiger partial charge is 0.456 e. The zero-order chi connectivity index (χ0) is 17.3. The number of carbonyl (C=O) groups is 1. The van der Waals surface area contributed by atoms with Gasteiger partial charge in [-0.3, -0.25) is 0 Å². The van der Waals surface area contributed by atoms with Crippen molar-refractivity contribution in [1.82, 2.24) is 0 Å². The van der Waals surface area contributed by atoms with Crippen LogP contribution >= 0.6 is 23.4 Å². The monoisotopic (exact) mass is 358 g/mol. The van der Waals surface area contributed by atoms with Crippen molar-refractivity contribution in [2.75, 3.05) is 0 Å². The van der Waals surface area contributed by atoms with Crippen LogP contribution in [0.25, 0.3) is 5.57 Å². The Balaban J connectivity index is 2.15. The van der Waals surface area contributed by atoms with Crippen LogP contribution in [0.1, 0.15) is 37.5 Å². The second kappa shape index (κ2) is 6.66. The molecule has 0 aromatic heterocycles. The molecular weight excluding hydrogens is 340 g/mol. The fourth-order valence-electron chi connectivity index (χ4n) is 2.62.